The van der Waals surface area contributed by atoms with Crippen molar-refractivity contribution < 1.29 is 9.53 Å². The normalized spacial score (nSPS) is 11.8. The van der Waals surface area contributed by atoms with Crippen LogP contribution in [0.5, 0.6) is 0 Å². The molecule has 0 unspecified atom stereocenters. The Labute approximate surface area is 113 Å². The largest absolute Gasteiger partial charge is 0.455 e. The number of rotatable bonds is 1. The van der Waals surface area contributed by atoms with Gasteiger partial charge in [0.1, 0.15) is 21.3 Å². The maximum atomic E-state index is 12.0. The Kier molecular flexibility index (Phi) is 3.11. The van der Waals surface area contributed by atoms with E-state index in [1.165, 1.54) is 0 Å². The maximum Gasteiger partial charge on any atom is 0.355 e. The van der Waals surface area contributed by atoms with Gasteiger partial charge in [-0.2, -0.15) is 0 Å². The Morgan fingerprint density at radius 2 is 2.12 bits per heavy atom. The molecule has 0 radical (unpaired) electrons. The van der Waals surface area contributed by atoms with Crippen molar-refractivity contribution in [1.29, 1.82) is 0 Å². The second-order valence-corrected chi connectivity index (χ2v) is 5.73. The number of hydrogen-bond acceptors (Lipinski definition) is 3. The average molecular weight is 344 g/mol. The highest BCUT2D eigenvalue weighted by Crippen LogP contribution is 2.17. The molecule has 0 amide bonds. The van der Waals surface area contributed by atoms with Gasteiger partial charge in [-0.05, 0) is 55.5 Å². The molecule has 0 aliphatic rings. The SMILES string of the molecule is CC(C)(C)OC(=O)c1cccc2c(I)ncn12. The zero-order valence-corrected chi connectivity index (χ0v) is 12.1. The fourth-order valence-corrected chi connectivity index (χ4v) is 2.05. The number of ether oxygens (including phenoxy) is 1. The Balaban J connectivity index is 2.45. The van der Waals surface area contributed by atoms with Crippen LogP contribution in [0.4, 0.5) is 0 Å². The van der Waals surface area contributed by atoms with Crippen molar-refractivity contribution in [2.75, 3.05) is 0 Å². The highest BCUT2D eigenvalue weighted by molar-refractivity contribution is 14.1. The molecule has 2 aromatic rings. The van der Waals surface area contributed by atoms with Gasteiger partial charge in [-0.3, -0.25) is 4.40 Å². The van der Waals surface area contributed by atoms with E-state index >= 15 is 0 Å². The molecule has 0 aliphatic heterocycles. The van der Waals surface area contributed by atoms with Crippen molar-refractivity contribution >= 4 is 34.1 Å². The van der Waals surface area contributed by atoms with Crippen LogP contribution in [-0.4, -0.2) is 21.0 Å². The van der Waals surface area contributed by atoms with Crippen LogP contribution in [0.2, 0.25) is 0 Å². The number of esters is 1. The summed E-state index contributed by atoms with van der Waals surface area (Å²) in [6, 6.07) is 5.49. The quantitative estimate of drug-likeness (QED) is 0.590. The molecular formula is C12H13IN2O2. The molecule has 0 saturated heterocycles. The van der Waals surface area contributed by atoms with Crippen LogP contribution < -0.4 is 0 Å². The molecule has 2 heterocycles. The zero-order chi connectivity index (χ0) is 12.6. The third-order valence-electron chi connectivity index (χ3n) is 2.13. The van der Waals surface area contributed by atoms with Crippen molar-refractivity contribution in [3.8, 4) is 0 Å². The van der Waals surface area contributed by atoms with Gasteiger partial charge in [0.25, 0.3) is 0 Å². The lowest BCUT2D eigenvalue weighted by Crippen LogP contribution is -2.25. The topological polar surface area (TPSA) is 43.6 Å². The Morgan fingerprint density at radius 1 is 1.41 bits per heavy atom. The van der Waals surface area contributed by atoms with E-state index < -0.39 is 5.60 Å². The number of carbonyl (C=O) groups is 1. The van der Waals surface area contributed by atoms with Crippen molar-refractivity contribution in [2.24, 2.45) is 0 Å². The predicted molar refractivity (Wildman–Crippen MR) is 73.1 cm³/mol. The van der Waals surface area contributed by atoms with Crippen LogP contribution in [-0.2, 0) is 4.74 Å². The summed E-state index contributed by atoms with van der Waals surface area (Å²) in [5.41, 5.74) is 0.911. The monoisotopic (exact) mass is 344 g/mol. The third-order valence-corrected chi connectivity index (χ3v) is 2.96. The zero-order valence-electron chi connectivity index (χ0n) is 9.90. The molecule has 0 spiro atoms. The number of pyridine rings is 1. The fourth-order valence-electron chi connectivity index (χ4n) is 1.48. The van der Waals surface area contributed by atoms with Crippen LogP contribution in [0, 0.1) is 3.70 Å². The van der Waals surface area contributed by atoms with Gasteiger partial charge < -0.3 is 4.74 Å². The van der Waals surface area contributed by atoms with E-state index in [2.05, 4.69) is 27.6 Å². The summed E-state index contributed by atoms with van der Waals surface area (Å²) in [6.07, 6.45) is 1.64. The van der Waals surface area contributed by atoms with E-state index in [9.17, 15) is 4.79 Å². The minimum atomic E-state index is -0.493. The molecule has 17 heavy (non-hydrogen) atoms. The molecule has 2 aromatic heterocycles. The minimum Gasteiger partial charge on any atom is -0.455 e. The van der Waals surface area contributed by atoms with Gasteiger partial charge in [0.2, 0.25) is 0 Å². The van der Waals surface area contributed by atoms with E-state index in [1.54, 1.807) is 16.8 Å². The first-order valence-corrected chi connectivity index (χ1v) is 6.31. The van der Waals surface area contributed by atoms with Crippen molar-refractivity contribution in [3.63, 3.8) is 0 Å². The molecule has 2 rings (SSSR count). The summed E-state index contributed by atoms with van der Waals surface area (Å²) in [7, 11) is 0. The van der Waals surface area contributed by atoms with Crippen LogP contribution in [0.15, 0.2) is 24.5 Å². The van der Waals surface area contributed by atoms with Crippen LogP contribution in [0.1, 0.15) is 31.3 Å². The molecule has 0 saturated carbocycles. The van der Waals surface area contributed by atoms with Crippen molar-refractivity contribution in [2.45, 2.75) is 26.4 Å². The fraction of sp³-hybridized carbons (Fsp3) is 0.333. The number of hydrogen-bond donors (Lipinski definition) is 0. The third kappa shape index (κ3) is 2.59. The van der Waals surface area contributed by atoms with Gasteiger partial charge >= 0.3 is 5.97 Å². The molecule has 0 aliphatic carbocycles. The summed E-state index contributed by atoms with van der Waals surface area (Å²) in [6.45, 7) is 5.55. The second-order valence-electron chi connectivity index (χ2n) is 4.70. The Morgan fingerprint density at radius 3 is 2.76 bits per heavy atom. The summed E-state index contributed by atoms with van der Waals surface area (Å²) in [5, 5.41) is 0. The van der Waals surface area contributed by atoms with Crippen LogP contribution in [0.25, 0.3) is 5.52 Å². The number of carbonyl (C=O) groups excluding carboxylic acids is 1. The van der Waals surface area contributed by atoms with Gasteiger partial charge in [0.15, 0.2) is 0 Å². The number of imidazole rings is 1. The number of nitrogens with zero attached hydrogens (tertiary/aromatic N) is 2. The Hall–Kier alpha value is -1.11. The molecule has 0 aromatic carbocycles. The maximum absolute atomic E-state index is 12.0. The van der Waals surface area contributed by atoms with E-state index in [0.29, 0.717) is 5.69 Å². The average Bonchev–Trinajstić information content (AvgIpc) is 2.58. The molecule has 5 heteroatoms. The lowest BCUT2D eigenvalue weighted by Gasteiger charge is -2.19. The second kappa shape index (κ2) is 4.29. The van der Waals surface area contributed by atoms with Crippen molar-refractivity contribution in [3.05, 3.63) is 33.9 Å². The Bertz CT molecular complexity index is 569. The van der Waals surface area contributed by atoms with Crippen LogP contribution in [0.3, 0.4) is 0 Å². The first-order valence-electron chi connectivity index (χ1n) is 5.23. The summed E-state index contributed by atoms with van der Waals surface area (Å²) in [4.78, 5) is 16.2. The molecule has 0 fully saturated rings. The highest BCUT2D eigenvalue weighted by Gasteiger charge is 2.20. The summed E-state index contributed by atoms with van der Waals surface area (Å²) >= 11 is 2.14. The first-order chi connectivity index (χ1) is 7.88. The molecule has 0 bridgehead atoms. The van der Waals surface area contributed by atoms with Gasteiger partial charge in [0.05, 0.1) is 5.52 Å². The molecular weight excluding hydrogens is 331 g/mol. The van der Waals surface area contributed by atoms with Crippen LogP contribution >= 0.6 is 22.6 Å². The first kappa shape index (κ1) is 12.3. The van der Waals surface area contributed by atoms with Gasteiger partial charge in [-0.25, -0.2) is 9.78 Å². The number of aromatic nitrogens is 2. The number of halogens is 1. The molecule has 0 N–H and O–H groups in total. The smallest absolute Gasteiger partial charge is 0.355 e. The van der Waals surface area contributed by atoms with Gasteiger partial charge in [0, 0.05) is 0 Å². The van der Waals surface area contributed by atoms with E-state index in [1.807, 2.05) is 32.9 Å². The lowest BCUT2D eigenvalue weighted by molar-refractivity contribution is 0.00612. The predicted octanol–water partition coefficient (Wildman–Crippen LogP) is 2.89. The lowest BCUT2D eigenvalue weighted by atomic mass is 10.2. The van der Waals surface area contributed by atoms with Gasteiger partial charge in [-0.15, -0.1) is 0 Å². The molecule has 90 valence electrons. The van der Waals surface area contributed by atoms with E-state index in [4.69, 9.17) is 4.74 Å². The summed E-state index contributed by atoms with van der Waals surface area (Å²) in [5.74, 6) is -0.336. The highest BCUT2D eigenvalue weighted by atomic mass is 127. The van der Waals surface area contributed by atoms with E-state index in [-0.39, 0.29) is 5.97 Å². The van der Waals surface area contributed by atoms with Crippen molar-refractivity contribution in [1.82, 2.24) is 9.38 Å². The molecule has 0 atom stereocenters. The summed E-state index contributed by atoms with van der Waals surface area (Å²) < 4.78 is 7.97. The standard InChI is InChI=1S/C12H13IN2O2/c1-12(2,3)17-11(16)9-6-4-5-8-10(13)14-7-15(8)9/h4-7H,1-3H3. The molecule has 4 nitrogen and oxygen atoms in total. The van der Waals surface area contributed by atoms with Gasteiger partial charge in [-0.1, -0.05) is 6.07 Å². The van der Waals surface area contributed by atoms with E-state index in [0.717, 1.165) is 9.22 Å². The number of fused-ring (bicyclic) bond motifs is 1. The minimum absolute atomic E-state index is 0.336.